The molecule has 0 unspecified atom stereocenters. The number of nitro groups is 1. The van der Waals surface area contributed by atoms with E-state index < -0.39 is 14.9 Å². The van der Waals surface area contributed by atoms with Crippen molar-refractivity contribution in [2.75, 3.05) is 4.72 Å². The summed E-state index contributed by atoms with van der Waals surface area (Å²) in [5.74, 6) is 0. The van der Waals surface area contributed by atoms with E-state index in [1.165, 1.54) is 24.3 Å². The minimum absolute atomic E-state index is 0.0566. The van der Waals surface area contributed by atoms with Gasteiger partial charge < -0.3 is 0 Å². The first kappa shape index (κ1) is 15.5. The molecule has 0 aliphatic heterocycles. The Morgan fingerprint density at radius 1 is 1.19 bits per heavy atom. The number of sulfonamides is 1. The second-order valence-electron chi connectivity index (χ2n) is 4.29. The third kappa shape index (κ3) is 3.40. The topological polar surface area (TPSA) is 89.3 Å². The summed E-state index contributed by atoms with van der Waals surface area (Å²) in [5, 5.41) is 10.7. The molecule has 2 aromatic rings. The Labute approximate surface area is 130 Å². The number of nitro benzene ring substituents is 1. The first-order valence-electron chi connectivity index (χ1n) is 5.83. The van der Waals surface area contributed by atoms with Crippen molar-refractivity contribution in [1.82, 2.24) is 0 Å². The van der Waals surface area contributed by atoms with Crippen LogP contribution in [-0.2, 0) is 10.0 Å². The van der Waals surface area contributed by atoms with Crippen LogP contribution < -0.4 is 4.72 Å². The average Bonchev–Trinajstić information content (AvgIpc) is 2.38. The van der Waals surface area contributed by atoms with Gasteiger partial charge in [0.25, 0.3) is 15.7 Å². The third-order valence-electron chi connectivity index (χ3n) is 2.77. The van der Waals surface area contributed by atoms with Crippen LogP contribution in [0.2, 0.25) is 0 Å². The van der Waals surface area contributed by atoms with Crippen molar-refractivity contribution in [2.45, 2.75) is 11.8 Å². The van der Waals surface area contributed by atoms with Gasteiger partial charge in [0.05, 0.1) is 4.92 Å². The van der Waals surface area contributed by atoms with E-state index in [-0.39, 0.29) is 16.3 Å². The molecule has 0 heterocycles. The third-order valence-corrected chi connectivity index (χ3v) is 5.17. The van der Waals surface area contributed by atoms with Crippen LogP contribution in [0.15, 0.2) is 51.8 Å². The lowest BCUT2D eigenvalue weighted by molar-refractivity contribution is -0.385. The van der Waals surface area contributed by atoms with Gasteiger partial charge in [-0.05, 0) is 47.1 Å². The normalized spacial score (nSPS) is 11.1. The van der Waals surface area contributed by atoms with Gasteiger partial charge in [0, 0.05) is 21.8 Å². The molecule has 0 amide bonds. The predicted molar refractivity (Wildman–Crippen MR) is 82.8 cm³/mol. The first-order valence-corrected chi connectivity index (χ1v) is 8.11. The van der Waals surface area contributed by atoms with Gasteiger partial charge in [-0.25, -0.2) is 8.42 Å². The quantitative estimate of drug-likeness (QED) is 0.658. The Bertz CT molecular complexity index is 806. The number of benzene rings is 2. The summed E-state index contributed by atoms with van der Waals surface area (Å²) in [5.41, 5.74) is 0.597. The molecular weight excluding hydrogens is 360 g/mol. The van der Waals surface area contributed by atoms with E-state index in [4.69, 9.17) is 0 Å². The van der Waals surface area contributed by atoms with Crippen LogP contribution in [0.3, 0.4) is 0 Å². The zero-order valence-corrected chi connectivity index (χ0v) is 13.3. The molecule has 21 heavy (non-hydrogen) atoms. The average molecular weight is 371 g/mol. The van der Waals surface area contributed by atoms with Gasteiger partial charge in [-0.2, -0.15) is 0 Å². The maximum atomic E-state index is 12.3. The molecule has 0 saturated heterocycles. The van der Waals surface area contributed by atoms with E-state index in [0.717, 1.165) is 0 Å². The zero-order chi connectivity index (χ0) is 15.6. The molecule has 0 atom stereocenters. The Morgan fingerprint density at radius 2 is 1.86 bits per heavy atom. The van der Waals surface area contributed by atoms with Crippen LogP contribution in [0.4, 0.5) is 11.4 Å². The van der Waals surface area contributed by atoms with Crippen molar-refractivity contribution in [3.8, 4) is 0 Å². The van der Waals surface area contributed by atoms with Crippen molar-refractivity contribution in [2.24, 2.45) is 0 Å². The Kier molecular flexibility index (Phi) is 4.29. The maximum Gasteiger partial charge on any atom is 0.272 e. The van der Waals surface area contributed by atoms with Crippen LogP contribution in [-0.4, -0.2) is 13.3 Å². The van der Waals surface area contributed by atoms with Gasteiger partial charge in [-0.3, -0.25) is 14.8 Å². The smallest absolute Gasteiger partial charge is 0.272 e. The zero-order valence-electron chi connectivity index (χ0n) is 10.9. The standard InChI is InChI=1S/C13H11BrN2O4S/c1-9-8-10(6-7-12(9)16(17)18)15-21(19,20)13-5-3-2-4-11(13)14/h2-8,15H,1H3. The SMILES string of the molecule is Cc1cc(NS(=O)(=O)c2ccccc2Br)ccc1[N+](=O)[O-]. The van der Waals surface area contributed by atoms with Crippen LogP contribution in [0.25, 0.3) is 0 Å². The first-order chi connectivity index (χ1) is 9.81. The fourth-order valence-corrected chi connectivity index (χ4v) is 3.85. The van der Waals surface area contributed by atoms with Gasteiger partial charge in [0.2, 0.25) is 0 Å². The van der Waals surface area contributed by atoms with Crippen molar-refractivity contribution in [3.63, 3.8) is 0 Å². The van der Waals surface area contributed by atoms with E-state index in [1.807, 2.05) is 0 Å². The number of hydrogen-bond acceptors (Lipinski definition) is 4. The van der Waals surface area contributed by atoms with E-state index in [9.17, 15) is 18.5 Å². The highest BCUT2D eigenvalue weighted by Gasteiger charge is 2.18. The number of hydrogen-bond donors (Lipinski definition) is 1. The lowest BCUT2D eigenvalue weighted by Crippen LogP contribution is -2.13. The van der Waals surface area contributed by atoms with E-state index in [0.29, 0.717) is 10.0 Å². The summed E-state index contributed by atoms with van der Waals surface area (Å²) in [6.07, 6.45) is 0. The second kappa shape index (κ2) is 5.82. The van der Waals surface area contributed by atoms with Gasteiger partial charge in [0.1, 0.15) is 4.90 Å². The molecule has 0 aliphatic rings. The molecule has 2 rings (SSSR count). The van der Waals surface area contributed by atoms with Gasteiger partial charge in [-0.15, -0.1) is 0 Å². The maximum absolute atomic E-state index is 12.3. The second-order valence-corrected chi connectivity index (χ2v) is 6.80. The molecule has 0 aliphatic carbocycles. The molecule has 0 fully saturated rings. The van der Waals surface area contributed by atoms with E-state index in [2.05, 4.69) is 20.7 Å². The predicted octanol–water partition coefficient (Wildman–Crippen LogP) is 3.47. The molecule has 0 aromatic heterocycles. The molecular formula is C13H11BrN2O4S. The molecule has 6 nitrogen and oxygen atoms in total. The molecule has 0 radical (unpaired) electrons. The lowest BCUT2D eigenvalue weighted by Gasteiger charge is -2.10. The van der Waals surface area contributed by atoms with E-state index in [1.54, 1.807) is 25.1 Å². The van der Waals surface area contributed by atoms with Crippen molar-refractivity contribution >= 4 is 37.3 Å². The number of aryl methyl sites for hydroxylation is 1. The number of nitrogens with zero attached hydrogens (tertiary/aromatic N) is 1. The Hall–Kier alpha value is -1.93. The lowest BCUT2D eigenvalue weighted by atomic mass is 10.2. The molecule has 1 N–H and O–H groups in total. The molecule has 8 heteroatoms. The largest absolute Gasteiger partial charge is 0.280 e. The highest BCUT2D eigenvalue weighted by molar-refractivity contribution is 9.10. The molecule has 0 saturated carbocycles. The molecule has 110 valence electrons. The monoisotopic (exact) mass is 370 g/mol. The Balaban J connectivity index is 2.36. The number of halogens is 1. The Morgan fingerprint density at radius 3 is 2.43 bits per heavy atom. The minimum atomic E-state index is -3.76. The van der Waals surface area contributed by atoms with E-state index >= 15 is 0 Å². The van der Waals surface area contributed by atoms with Gasteiger partial charge >= 0.3 is 0 Å². The summed E-state index contributed by atoms with van der Waals surface area (Å²) in [7, 11) is -3.76. The van der Waals surface area contributed by atoms with Gasteiger partial charge in [0.15, 0.2) is 0 Å². The fraction of sp³-hybridized carbons (Fsp3) is 0.0769. The van der Waals surface area contributed by atoms with Crippen LogP contribution in [0.5, 0.6) is 0 Å². The van der Waals surface area contributed by atoms with Crippen LogP contribution >= 0.6 is 15.9 Å². The fourth-order valence-electron chi connectivity index (χ4n) is 1.80. The highest BCUT2D eigenvalue weighted by Crippen LogP contribution is 2.26. The van der Waals surface area contributed by atoms with Crippen LogP contribution in [0, 0.1) is 17.0 Å². The number of anilines is 1. The number of rotatable bonds is 4. The molecule has 0 bridgehead atoms. The summed E-state index contributed by atoms with van der Waals surface area (Å²) in [6, 6.07) is 10.5. The summed E-state index contributed by atoms with van der Waals surface area (Å²) in [4.78, 5) is 10.3. The van der Waals surface area contributed by atoms with Crippen LogP contribution in [0.1, 0.15) is 5.56 Å². The number of nitrogens with one attached hydrogen (secondary N) is 1. The van der Waals surface area contributed by atoms with Crippen molar-refractivity contribution in [1.29, 1.82) is 0 Å². The van der Waals surface area contributed by atoms with Crippen molar-refractivity contribution < 1.29 is 13.3 Å². The molecule has 0 spiro atoms. The highest BCUT2D eigenvalue weighted by atomic mass is 79.9. The summed E-state index contributed by atoms with van der Waals surface area (Å²) < 4.78 is 27.4. The minimum Gasteiger partial charge on any atom is -0.280 e. The van der Waals surface area contributed by atoms with Crippen molar-refractivity contribution in [3.05, 3.63) is 62.6 Å². The summed E-state index contributed by atoms with van der Waals surface area (Å²) in [6.45, 7) is 1.55. The van der Waals surface area contributed by atoms with Gasteiger partial charge in [-0.1, -0.05) is 12.1 Å². The summed E-state index contributed by atoms with van der Waals surface area (Å²) >= 11 is 3.18. The molecule has 2 aromatic carbocycles.